The van der Waals surface area contributed by atoms with Crippen molar-refractivity contribution in [3.63, 3.8) is 0 Å². The molecule has 8 heteroatoms. The fraction of sp³-hybridized carbons (Fsp3) is 0.286. The number of imide groups is 1. The van der Waals surface area contributed by atoms with Crippen LogP contribution in [0.3, 0.4) is 0 Å². The maximum atomic E-state index is 13.1. The smallest absolute Gasteiger partial charge is 0.319 e. The predicted molar refractivity (Wildman–Crippen MR) is 113 cm³/mol. The van der Waals surface area contributed by atoms with Crippen molar-refractivity contribution in [2.45, 2.75) is 32.4 Å². The molecular weight excluding hydrogens is 413 g/mol. The highest BCUT2D eigenvalue weighted by atomic mass is 35.5. The van der Waals surface area contributed by atoms with Crippen LogP contribution in [0.5, 0.6) is 0 Å². The molecule has 1 aliphatic heterocycles. The fourth-order valence-electron chi connectivity index (χ4n) is 3.45. The molecule has 1 heterocycles. The van der Waals surface area contributed by atoms with Crippen LogP contribution in [0, 0.1) is 0 Å². The molecule has 0 spiro atoms. The lowest BCUT2D eigenvalue weighted by Crippen LogP contribution is -2.46. The summed E-state index contributed by atoms with van der Waals surface area (Å²) in [6.45, 7) is 4.92. The van der Waals surface area contributed by atoms with Crippen LogP contribution < -0.4 is 10.2 Å². The van der Waals surface area contributed by atoms with Gasteiger partial charge in [0.15, 0.2) is 0 Å². The Hall–Kier alpha value is -2.57. The molecule has 0 aromatic heterocycles. The molecule has 6 nitrogen and oxygen atoms in total. The van der Waals surface area contributed by atoms with Gasteiger partial charge in [-0.25, -0.2) is 4.79 Å². The molecule has 0 aliphatic carbocycles. The van der Waals surface area contributed by atoms with E-state index in [-0.39, 0.29) is 23.5 Å². The van der Waals surface area contributed by atoms with Crippen molar-refractivity contribution in [1.29, 1.82) is 0 Å². The van der Waals surface area contributed by atoms with Gasteiger partial charge < -0.3 is 10.2 Å². The first-order valence-corrected chi connectivity index (χ1v) is 9.87. The second-order valence-corrected chi connectivity index (χ2v) is 8.11. The third-order valence-corrected chi connectivity index (χ3v) is 5.41. The molecule has 1 unspecified atom stereocenters. The molecule has 0 bridgehead atoms. The molecule has 1 aliphatic rings. The van der Waals surface area contributed by atoms with Crippen molar-refractivity contribution >= 4 is 46.7 Å². The molecular formula is C21H21Cl2N3O3. The summed E-state index contributed by atoms with van der Waals surface area (Å²) < 4.78 is 0. The Balaban J connectivity index is 1.87. The summed E-state index contributed by atoms with van der Waals surface area (Å²) in [6, 6.07) is 13.0. The van der Waals surface area contributed by atoms with Gasteiger partial charge >= 0.3 is 6.03 Å². The van der Waals surface area contributed by atoms with E-state index in [4.69, 9.17) is 23.2 Å². The summed E-state index contributed by atoms with van der Waals surface area (Å²) in [6.07, 6.45) is 0. The molecule has 152 valence electrons. The van der Waals surface area contributed by atoms with E-state index >= 15 is 0 Å². The average molecular weight is 434 g/mol. The number of nitrogens with zero attached hydrogens (tertiary/aromatic N) is 2. The molecule has 2 aromatic rings. The highest BCUT2D eigenvalue weighted by molar-refractivity contribution is 6.35. The van der Waals surface area contributed by atoms with E-state index < -0.39 is 17.5 Å². The summed E-state index contributed by atoms with van der Waals surface area (Å²) in [5.74, 6) is -0.905. The van der Waals surface area contributed by atoms with Gasteiger partial charge in [0, 0.05) is 27.3 Å². The van der Waals surface area contributed by atoms with Crippen molar-refractivity contribution in [1.82, 2.24) is 10.2 Å². The number of halogens is 2. The minimum absolute atomic E-state index is 0.150. The monoisotopic (exact) mass is 433 g/mol. The standard InChI is InChI=1S/C21H21Cl2N3O3/c1-13(2)26(15-7-5-4-6-8-15)18(27)12-25-19(28)21(3,24-20(25)29)16-10-9-14(22)11-17(16)23/h4-11,13H,12H2,1-3H3,(H,24,29). The largest absolute Gasteiger partial charge is 0.325 e. The number of nitrogens with one attached hydrogen (secondary N) is 1. The van der Waals surface area contributed by atoms with Gasteiger partial charge in [-0.05, 0) is 45.0 Å². The SMILES string of the molecule is CC(C)N(C(=O)CN1C(=O)NC(C)(c2ccc(Cl)cc2Cl)C1=O)c1ccccc1. The van der Waals surface area contributed by atoms with Crippen LogP contribution >= 0.6 is 23.2 Å². The highest BCUT2D eigenvalue weighted by Crippen LogP contribution is 2.35. The molecule has 1 N–H and O–H groups in total. The van der Waals surface area contributed by atoms with E-state index in [0.717, 1.165) is 4.90 Å². The summed E-state index contributed by atoms with van der Waals surface area (Å²) in [5, 5.41) is 3.34. The lowest BCUT2D eigenvalue weighted by Gasteiger charge is -2.28. The minimum Gasteiger partial charge on any atom is -0.319 e. The van der Waals surface area contributed by atoms with E-state index in [1.54, 1.807) is 36.1 Å². The van der Waals surface area contributed by atoms with Crippen LogP contribution in [-0.4, -0.2) is 35.3 Å². The number of carbonyl (C=O) groups excluding carboxylic acids is 3. The lowest BCUT2D eigenvalue weighted by atomic mass is 9.92. The summed E-state index contributed by atoms with van der Waals surface area (Å²) in [4.78, 5) is 41.2. The summed E-state index contributed by atoms with van der Waals surface area (Å²) in [7, 11) is 0. The third-order valence-electron chi connectivity index (χ3n) is 4.86. The normalized spacial score (nSPS) is 18.9. The van der Waals surface area contributed by atoms with Crippen LogP contribution in [0.15, 0.2) is 48.5 Å². The second-order valence-electron chi connectivity index (χ2n) is 7.26. The van der Waals surface area contributed by atoms with Crippen molar-refractivity contribution < 1.29 is 14.4 Å². The van der Waals surface area contributed by atoms with Gasteiger partial charge in [0.2, 0.25) is 5.91 Å². The Morgan fingerprint density at radius 3 is 2.38 bits per heavy atom. The maximum Gasteiger partial charge on any atom is 0.325 e. The van der Waals surface area contributed by atoms with E-state index in [9.17, 15) is 14.4 Å². The molecule has 2 aromatic carbocycles. The number of urea groups is 1. The van der Waals surface area contributed by atoms with E-state index in [1.165, 1.54) is 6.07 Å². The highest BCUT2D eigenvalue weighted by Gasteiger charge is 2.50. The predicted octanol–water partition coefficient (Wildman–Crippen LogP) is 4.20. The van der Waals surface area contributed by atoms with Gasteiger partial charge in [0.1, 0.15) is 12.1 Å². The van der Waals surface area contributed by atoms with Crippen molar-refractivity contribution in [3.8, 4) is 0 Å². The molecule has 1 fully saturated rings. The first-order valence-electron chi connectivity index (χ1n) is 9.12. The summed E-state index contributed by atoms with van der Waals surface area (Å²) >= 11 is 12.2. The zero-order chi connectivity index (χ0) is 21.3. The van der Waals surface area contributed by atoms with Gasteiger partial charge in [-0.15, -0.1) is 0 Å². The maximum absolute atomic E-state index is 13.1. The second kappa shape index (κ2) is 8.05. The zero-order valence-electron chi connectivity index (χ0n) is 16.3. The minimum atomic E-state index is -1.38. The number of para-hydroxylation sites is 1. The Kier molecular flexibility index (Phi) is 5.87. The van der Waals surface area contributed by atoms with Crippen LogP contribution in [0.2, 0.25) is 10.0 Å². The molecule has 0 saturated carbocycles. The number of hydrogen-bond acceptors (Lipinski definition) is 3. The summed E-state index contributed by atoms with van der Waals surface area (Å²) in [5.41, 5.74) is -0.266. The Bertz CT molecular complexity index is 965. The Morgan fingerprint density at radius 2 is 1.79 bits per heavy atom. The van der Waals surface area contributed by atoms with Crippen LogP contribution in [0.4, 0.5) is 10.5 Å². The Labute approximate surface area is 179 Å². The Morgan fingerprint density at radius 1 is 1.14 bits per heavy atom. The van der Waals surface area contributed by atoms with Crippen molar-refractivity contribution in [2.75, 3.05) is 11.4 Å². The zero-order valence-corrected chi connectivity index (χ0v) is 17.8. The first-order chi connectivity index (χ1) is 13.6. The lowest BCUT2D eigenvalue weighted by molar-refractivity contribution is -0.134. The van der Waals surface area contributed by atoms with E-state index in [2.05, 4.69) is 5.32 Å². The number of benzene rings is 2. The fourth-order valence-corrected chi connectivity index (χ4v) is 4.05. The molecule has 4 amide bonds. The van der Waals surface area contributed by atoms with E-state index in [0.29, 0.717) is 16.3 Å². The number of hydrogen-bond donors (Lipinski definition) is 1. The molecule has 1 saturated heterocycles. The van der Waals surface area contributed by atoms with Gasteiger partial charge in [0.25, 0.3) is 5.91 Å². The van der Waals surface area contributed by atoms with Crippen molar-refractivity contribution in [2.24, 2.45) is 0 Å². The molecule has 3 rings (SSSR count). The number of amides is 4. The van der Waals surface area contributed by atoms with Crippen LogP contribution in [-0.2, 0) is 15.1 Å². The molecule has 29 heavy (non-hydrogen) atoms. The van der Waals surface area contributed by atoms with Crippen LogP contribution in [0.25, 0.3) is 0 Å². The van der Waals surface area contributed by atoms with Gasteiger partial charge in [0.05, 0.1) is 0 Å². The molecule has 1 atom stereocenters. The van der Waals surface area contributed by atoms with Crippen molar-refractivity contribution in [3.05, 3.63) is 64.1 Å². The quantitative estimate of drug-likeness (QED) is 0.718. The van der Waals surface area contributed by atoms with Crippen LogP contribution in [0.1, 0.15) is 26.3 Å². The molecule has 0 radical (unpaired) electrons. The van der Waals surface area contributed by atoms with E-state index in [1.807, 2.05) is 32.0 Å². The average Bonchev–Trinajstić information content (AvgIpc) is 2.86. The van der Waals surface area contributed by atoms with Gasteiger partial charge in [-0.1, -0.05) is 47.5 Å². The topological polar surface area (TPSA) is 69.7 Å². The number of carbonyl (C=O) groups is 3. The third kappa shape index (κ3) is 3.95. The van der Waals surface area contributed by atoms with Gasteiger partial charge in [-0.2, -0.15) is 0 Å². The number of rotatable bonds is 5. The first kappa shape index (κ1) is 21.1. The number of anilines is 1. The van der Waals surface area contributed by atoms with Gasteiger partial charge in [-0.3, -0.25) is 14.5 Å².